The molecule has 0 aliphatic heterocycles. The Morgan fingerprint density at radius 1 is 1.40 bits per heavy atom. The second-order valence-electron chi connectivity index (χ2n) is 5.27. The average Bonchev–Trinajstić information content (AvgIpc) is 2.46. The molecule has 1 aromatic carbocycles. The number of nitrogens with zero attached hydrogens (tertiary/aromatic N) is 1. The molecule has 1 amide bonds. The summed E-state index contributed by atoms with van der Waals surface area (Å²) in [6.07, 6.45) is 5.90. The van der Waals surface area contributed by atoms with Crippen molar-refractivity contribution in [2.75, 3.05) is 18.5 Å². The number of nitrogens with two attached hydrogens (primary N) is 1. The van der Waals surface area contributed by atoms with Crippen LogP contribution in [-0.4, -0.2) is 29.6 Å². The second-order valence-corrected chi connectivity index (χ2v) is 6.28. The molecule has 0 atom stereocenters. The van der Waals surface area contributed by atoms with Gasteiger partial charge in [-0.15, -0.1) is 11.8 Å². The maximum Gasteiger partial charge on any atom is 0.232 e. The van der Waals surface area contributed by atoms with Gasteiger partial charge in [0.05, 0.1) is 5.75 Å². The lowest BCUT2D eigenvalue weighted by Gasteiger charge is -2.31. The fraction of sp³-hybridized carbons (Fsp3) is 0.533. The van der Waals surface area contributed by atoms with Crippen LogP contribution in [0.4, 0.5) is 10.1 Å². The largest absolute Gasteiger partial charge is 0.398 e. The van der Waals surface area contributed by atoms with Gasteiger partial charge in [-0.05, 0) is 31.0 Å². The lowest BCUT2D eigenvalue weighted by Crippen LogP contribution is -2.39. The smallest absolute Gasteiger partial charge is 0.232 e. The van der Waals surface area contributed by atoms with E-state index in [2.05, 4.69) is 0 Å². The van der Waals surface area contributed by atoms with Gasteiger partial charge in [-0.25, -0.2) is 4.39 Å². The minimum atomic E-state index is -0.350. The number of amides is 1. The van der Waals surface area contributed by atoms with Crippen LogP contribution >= 0.6 is 11.8 Å². The first-order valence-corrected chi connectivity index (χ1v) is 8.00. The van der Waals surface area contributed by atoms with Gasteiger partial charge in [-0.2, -0.15) is 0 Å². The van der Waals surface area contributed by atoms with E-state index >= 15 is 0 Å². The van der Waals surface area contributed by atoms with E-state index in [0.717, 1.165) is 17.7 Å². The average molecular weight is 296 g/mol. The number of hydrogen-bond donors (Lipinski definition) is 1. The van der Waals surface area contributed by atoms with Crippen molar-refractivity contribution in [1.82, 2.24) is 4.90 Å². The Kier molecular flexibility index (Phi) is 5.29. The Hall–Kier alpha value is -1.23. The van der Waals surface area contributed by atoms with Gasteiger partial charge >= 0.3 is 0 Å². The lowest BCUT2D eigenvalue weighted by atomic mass is 9.94. The second kappa shape index (κ2) is 6.97. The molecule has 3 nitrogen and oxygen atoms in total. The summed E-state index contributed by atoms with van der Waals surface area (Å²) in [5.41, 5.74) is 6.13. The van der Waals surface area contributed by atoms with Gasteiger partial charge < -0.3 is 10.6 Å². The number of hydrogen-bond acceptors (Lipinski definition) is 3. The van der Waals surface area contributed by atoms with Crippen LogP contribution in [0, 0.1) is 5.82 Å². The van der Waals surface area contributed by atoms with Gasteiger partial charge in [0.15, 0.2) is 0 Å². The first-order chi connectivity index (χ1) is 9.58. The van der Waals surface area contributed by atoms with Gasteiger partial charge in [0, 0.05) is 23.7 Å². The van der Waals surface area contributed by atoms with E-state index in [9.17, 15) is 9.18 Å². The minimum Gasteiger partial charge on any atom is -0.398 e. The lowest BCUT2D eigenvalue weighted by molar-refractivity contribution is -0.129. The van der Waals surface area contributed by atoms with E-state index in [-0.39, 0.29) is 11.7 Å². The molecule has 0 heterocycles. The Morgan fingerprint density at radius 2 is 2.10 bits per heavy atom. The zero-order valence-corrected chi connectivity index (χ0v) is 12.6. The van der Waals surface area contributed by atoms with Crippen molar-refractivity contribution in [2.45, 2.75) is 43.0 Å². The summed E-state index contributed by atoms with van der Waals surface area (Å²) in [5.74, 6) is 0.117. The van der Waals surface area contributed by atoms with E-state index in [1.807, 2.05) is 11.9 Å². The Morgan fingerprint density at radius 3 is 2.75 bits per heavy atom. The van der Waals surface area contributed by atoms with Crippen LogP contribution < -0.4 is 5.73 Å². The third-order valence-electron chi connectivity index (χ3n) is 3.84. The summed E-state index contributed by atoms with van der Waals surface area (Å²) < 4.78 is 13.0. The maximum absolute atomic E-state index is 13.0. The number of anilines is 1. The van der Waals surface area contributed by atoms with Crippen molar-refractivity contribution in [3.8, 4) is 0 Å². The van der Waals surface area contributed by atoms with Crippen LogP contribution in [0.25, 0.3) is 0 Å². The Balaban J connectivity index is 1.87. The molecule has 0 bridgehead atoms. The van der Waals surface area contributed by atoms with Crippen molar-refractivity contribution >= 4 is 23.4 Å². The molecule has 1 aliphatic rings. The number of carbonyl (C=O) groups is 1. The van der Waals surface area contributed by atoms with Crippen LogP contribution in [0.15, 0.2) is 23.1 Å². The highest BCUT2D eigenvalue weighted by atomic mass is 32.2. The zero-order chi connectivity index (χ0) is 14.5. The van der Waals surface area contributed by atoms with Crippen molar-refractivity contribution in [3.63, 3.8) is 0 Å². The van der Waals surface area contributed by atoms with Crippen molar-refractivity contribution in [2.24, 2.45) is 0 Å². The number of nitrogen functional groups attached to an aromatic ring is 1. The van der Waals surface area contributed by atoms with Gasteiger partial charge in [-0.3, -0.25) is 4.79 Å². The highest BCUT2D eigenvalue weighted by molar-refractivity contribution is 8.00. The molecule has 0 spiro atoms. The summed E-state index contributed by atoms with van der Waals surface area (Å²) in [6.45, 7) is 0. The molecule has 1 fully saturated rings. The number of carbonyl (C=O) groups excluding carboxylic acids is 1. The molecular weight excluding hydrogens is 275 g/mol. The first-order valence-electron chi connectivity index (χ1n) is 7.01. The molecule has 1 aromatic rings. The Bertz CT molecular complexity index is 475. The van der Waals surface area contributed by atoms with Crippen LogP contribution in [0.5, 0.6) is 0 Å². The third kappa shape index (κ3) is 3.88. The van der Waals surface area contributed by atoms with E-state index in [4.69, 9.17) is 5.73 Å². The van der Waals surface area contributed by atoms with Crippen molar-refractivity contribution in [1.29, 1.82) is 0 Å². The first kappa shape index (κ1) is 15.2. The predicted molar refractivity (Wildman–Crippen MR) is 81.2 cm³/mol. The summed E-state index contributed by atoms with van der Waals surface area (Å²) in [6, 6.07) is 4.66. The van der Waals surface area contributed by atoms with Gasteiger partial charge in [0.1, 0.15) is 5.82 Å². The topological polar surface area (TPSA) is 46.3 Å². The quantitative estimate of drug-likeness (QED) is 0.685. The molecule has 2 N–H and O–H groups in total. The van der Waals surface area contributed by atoms with Crippen molar-refractivity contribution in [3.05, 3.63) is 24.0 Å². The molecular formula is C15H21FN2OS. The van der Waals surface area contributed by atoms with E-state index in [1.54, 1.807) is 6.07 Å². The fourth-order valence-electron chi connectivity index (χ4n) is 2.56. The van der Waals surface area contributed by atoms with E-state index in [1.165, 1.54) is 43.2 Å². The molecule has 5 heteroatoms. The summed E-state index contributed by atoms with van der Waals surface area (Å²) >= 11 is 1.37. The van der Waals surface area contributed by atoms with E-state index in [0.29, 0.717) is 17.5 Å². The SMILES string of the molecule is CN(C(=O)CSc1ccc(F)cc1N)C1CCCCC1. The summed E-state index contributed by atoms with van der Waals surface area (Å²) in [5, 5.41) is 0. The van der Waals surface area contributed by atoms with Gasteiger partial charge in [0.2, 0.25) is 5.91 Å². The standard InChI is InChI=1S/C15H21FN2OS/c1-18(12-5-3-2-4-6-12)15(19)10-20-14-8-7-11(16)9-13(14)17/h7-9,12H,2-6,10,17H2,1H3. The minimum absolute atomic E-state index is 0.116. The molecule has 2 rings (SSSR count). The molecule has 0 saturated heterocycles. The highest BCUT2D eigenvalue weighted by Gasteiger charge is 2.22. The fourth-order valence-corrected chi connectivity index (χ4v) is 3.44. The molecule has 1 aliphatic carbocycles. The summed E-state index contributed by atoms with van der Waals surface area (Å²) in [7, 11) is 1.88. The normalized spacial score (nSPS) is 16.1. The number of halogens is 1. The molecule has 110 valence electrons. The van der Waals surface area contributed by atoms with Crippen molar-refractivity contribution < 1.29 is 9.18 Å². The molecule has 0 aromatic heterocycles. The van der Waals surface area contributed by atoms with E-state index < -0.39 is 0 Å². The molecule has 0 unspecified atom stereocenters. The summed E-state index contributed by atoms with van der Waals surface area (Å²) in [4.78, 5) is 14.8. The van der Waals surface area contributed by atoms with Crippen LogP contribution in [0.1, 0.15) is 32.1 Å². The van der Waals surface area contributed by atoms with Crippen LogP contribution in [-0.2, 0) is 4.79 Å². The zero-order valence-electron chi connectivity index (χ0n) is 11.8. The number of benzene rings is 1. The van der Waals surface area contributed by atoms with Gasteiger partial charge in [0.25, 0.3) is 0 Å². The number of rotatable bonds is 4. The Labute approximate surface area is 123 Å². The number of thioether (sulfide) groups is 1. The van der Waals surface area contributed by atoms with Gasteiger partial charge in [-0.1, -0.05) is 19.3 Å². The molecule has 0 radical (unpaired) electrons. The molecule has 20 heavy (non-hydrogen) atoms. The predicted octanol–water partition coefficient (Wildman–Crippen LogP) is 3.29. The van der Waals surface area contributed by atoms with Crippen LogP contribution in [0.2, 0.25) is 0 Å². The highest BCUT2D eigenvalue weighted by Crippen LogP contribution is 2.27. The monoisotopic (exact) mass is 296 g/mol. The van der Waals surface area contributed by atoms with Crippen LogP contribution in [0.3, 0.4) is 0 Å². The molecule has 1 saturated carbocycles. The third-order valence-corrected chi connectivity index (χ3v) is 4.91. The maximum atomic E-state index is 13.0.